The highest BCUT2D eigenvalue weighted by molar-refractivity contribution is 5.64. The highest BCUT2D eigenvalue weighted by Crippen LogP contribution is 2.24. The fraction of sp³-hybridized carbons (Fsp3) is 0.250. The van der Waals surface area contributed by atoms with E-state index in [1.165, 1.54) is 5.56 Å². The molecule has 0 saturated carbocycles. The van der Waals surface area contributed by atoms with Gasteiger partial charge in [-0.15, -0.1) is 0 Å². The van der Waals surface area contributed by atoms with E-state index in [1.54, 1.807) is 12.1 Å². The normalized spacial score (nSPS) is 10.5. The summed E-state index contributed by atoms with van der Waals surface area (Å²) in [6.45, 7) is 4.58. The molecular formula is C16H19FN2. The van der Waals surface area contributed by atoms with E-state index >= 15 is 0 Å². The largest absolute Gasteiger partial charge is 0.353 e. The van der Waals surface area contributed by atoms with Crippen LogP contribution in [-0.4, -0.2) is 6.54 Å². The number of halogens is 1. The highest BCUT2D eigenvalue weighted by atomic mass is 19.1. The van der Waals surface area contributed by atoms with E-state index in [2.05, 4.69) is 11.4 Å². The van der Waals surface area contributed by atoms with Gasteiger partial charge in [0.05, 0.1) is 5.69 Å². The van der Waals surface area contributed by atoms with Crippen LogP contribution in [0.1, 0.15) is 16.7 Å². The molecule has 0 aliphatic rings. The molecule has 0 aliphatic heterocycles. The lowest BCUT2D eigenvalue weighted by atomic mass is 10.1. The number of nitrogens with one attached hydrogen (secondary N) is 1. The summed E-state index contributed by atoms with van der Waals surface area (Å²) in [6, 6.07) is 11.3. The van der Waals surface area contributed by atoms with Gasteiger partial charge < -0.3 is 11.1 Å². The number of nitrogens with two attached hydrogens (primary N) is 1. The zero-order valence-electron chi connectivity index (χ0n) is 11.3. The molecule has 2 nitrogen and oxygen atoms in total. The first-order chi connectivity index (χ1) is 9.10. The van der Waals surface area contributed by atoms with Crippen molar-refractivity contribution >= 4 is 11.4 Å². The minimum absolute atomic E-state index is 0.245. The number of benzene rings is 2. The molecule has 0 spiro atoms. The van der Waals surface area contributed by atoms with E-state index < -0.39 is 0 Å². The minimum atomic E-state index is -0.245. The maximum atomic E-state index is 14.0. The number of anilines is 2. The van der Waals surface area contributed by atoms with Crippen LogP contribution in [0, 0.1) is 19.7 Å². The Morgan fingerprint density at radius 2 is 1.79 bits per heavy atom. The molecule has 0 fully saturated rings. The van der Waals surface area contributed by atoms with Crippen LogP contribution in [0.25, 0.3) is 0 Å². The second kappa shape index (κ2) is 5.85. The van der Waals surface area contributed by atoms with Gasteiger partial charge in [-0.25, -0.2) is 4.39 Å². The van der Waals surface area contributed by atoms with E-state index in [0.29, 0.717) is 18.7 Å². The lowest BCUT2D eigenvalue weighted by Gasteiger charge is -2.12. The first-order valence-electron chi connectivity index (χ1n) is 6.43. The Morgan fingerprint density at radius 3 is 2.42 bits per heavy atom. The van der Waals surface area contributed by atoms with Crippen LogP contribution in [-0.2, 0) is 6.42 Å². The molecule has 100 valence electrons. The van der Waals surface area contributed by atoms with Crippen LogP contribution < -0.4 is 11.1 Å². The minimum Gasteiger partial charge on any atom is -0.353 e. The van der Waals surface area contributed by atoms with Crippen LogP contribution in [0.4, 0.5) is 15.8 Å². The second-order valence-corrected chi connectivity index (χ2v) is 4.80. The summed E-state index contributed by atoms with van der Waals surface area (Å²) in [7, 11) is 0. The van der Waals surface area contributed by atoms with Crippen molar-refractivity contribution in [1.82, 2.24) is 0 Å². The molecule has 0 unspecified atom stereocenters. The third-order valence-corrected chi connectivity index (χ3v) is 3.12. The van der Waals surface area contributed by atoms with Gasteiger partial charge in [0.25, 0.3) is 0 Å². The summed E-state index contributed by atoms with van der Waals surface area (Å²) in [6.07, 6.45) is 0.695. The van der Waals surface area contributed by atoms with Gasteiger partial charge in [0.1, 0.15) is 5.82 Å². The predicted molar refractivity (Wildman–Crippen MR) is 78.4 cm³/mol. The molecule has 0 heterocycles. The standard InChI is InChI=1S/C16H19FN2/c1-11-3-5-15(12(2)9-11)19-16-6-4-13(7-8-18)10-14(16)17/h3-6,9-10,19H,7-8,18H2,1-2H3. The van der Waals surface area contributed by atoms with Crippen molar-refractivity contribution < 1.29 is 4.39 Å². The van der Waals surface area contributed by atoms with Gasteiger partial charge in [-0.2, -0.15) is 0 Å². The quantitative estimate of drug-likeness (QED) is 0.877. The zero-order chi connectivity index (χ0) is 13.8. The van der Waals surface area contributed by atoms with E-state index in [0.717, 1.165) is 16.8 Å². The molecular weight excluding hydrogens is 239 g/mol. The van der Waals surface area contributed by atoms with Crippen LogP contribution in [0.15, 0.2) is 36.4 Å². The Labute approximate surface area is 113 Å². The molecule has 19 heavy (non-hydrogen) atoms. The molecule has 2 rings (SSSR count). The summed E-state index contributed by atoms with van der Waals surface area (Å²) in [5, 5.41) is 3.13. The molecule has 0 atom stereocenters. The molecule has 0 aliphatic carbocycles. The fourth-order valence-electron chi connectivity index (χ4n) is 2.08. The Balaban J connectivity index is 2.23. The molecule has 0 amide bonds. The molecule has 0 saturated heterocycles. The van der Waals surface area contributed by atoms with Gasteiger partial charge in [0.2, 0.25) is 0 Å². The second-order valence-electron chi connectivity index (χ2n) is 4.80. The molecule has 3 N–H and O–H groups in total. The van der Waals surface area contributed by atoms with Crippen molar-refractivity contribution in [3.63, 3.8) is 0 Å². The van der Waals surface area contributed by atoms with Gasteiger partial charge in [0, 0.05) is 5.69 Å². The molecule has 2 aromatic rings. The van der Waals surface area contributed by atoms with Crippen molar-refractivity contribution in [2.75, 3.05) is 11.9 Å². The third-order valence-electron chi connectivity index (χ3n) is 3.12. The van der Waals surface area contributed by atoms with Gasteiger partial charge in [-0.1, -0.05) is 23.8 Å². The van der Waals surface area contributed by atoms with Gasteiger partial charge in [-0.05, 0) is 56.1 Å². The van der Waals surface area contributed by atoms with Crippen molar-refractivity contribution in [3.8, 4) is 0 Å². The number of hydrogen-bond acceptors (Lipinski definition) is 2. The smallest absolute Gasteiger partial charge is 0.146 e. The fourth-order valence-corrected chi connectivity index (χ4v) is 2.08. The van der Waals surface area contributed by atoms with E-state index in [4.69, 9.17) is 5.73 Å². The lowest BCUT2D eigenvalue weighted by molar-refractivity contribution is 0.629. The van der Waals surface area contributed by atoms with E-state index in [9.17, 15) is 4.39 Å². The maximum Gasteiger partial charge on any atom is 0.146 e. The number of aryl methyl sites for hydroxylation is 2. The molecule has 2 aromatic carbocycles. The Kier molecular flexibility index (Phi) is 4.17. The van der Waals surface area contributed by atoms with Crippen LogP contribution in [0.3, 0.4) is 0 Å². The number of hydrogen-bond donors (Lipinski definition) is 2. The zero-order valence-corrected chi connectivity index (χ0v) is 11.3. The first kappa shape index (κ1) is 13.6. The van der Waals surface area contributed by atoms with Crippen molar-refractivity contribution in [3.05, 3.63) is 58.9 Å². The predicted octanol–water partition coefficient (Wildman–Crippen LogP) is 3.69. The molecule has 0 radical (unpaired) electrons. The van der Waals surface area contributed by atoms with Crippen molar-refractivity contribution in [2.45, 2.75) is 20.3 Å². The van der Waals surface area contributed by atoms with Crippen molar-refractivity contribution in [1.29, 1.82) is 0 Å². The Hall–Kier alpha value is -1.87. The SMILES string of the molecule is Cc1ccc(Nc2ccc(CCN)cc2F)c(C)c1. The van der Waals surface area contributed by atoms with E-state index in [-0.39, 0.29) is 5.82 Å². The summed E-state index contributed by atoms with van der Waals surface area (Å²) in [4.78, 5) is 0. The summed E-state index contributed by atoms with van der Waals surface area (Å²) in [5.74, 6) is -0.245. The first-order valence-corrected chi connectivity index (χ1v) is 6.43. The number of rotatable bonds is 4. The van der Waals surface area contributed by atoms with Gasteiger partial charge >= 0.3 is 0 Å². The molecule has 3 heteroatoms. The van der Waals surface area contributed by atoms with Gasteiger partial charge in [-0.3, -0.25) is 0 Å². The summed E-state index contributed by atoms with van der Waals surface area (Å²) >= 11 is 0. The molecule has 0 aromatic heterocycles. The molecule has 0 bridgehead atoms. The van der Waals surface area contributed by atoms with Crippen LogP contribution in [0.2, 0.25) is 0 Å². The monoisotopic (exact) mass is 258 g/mol. The van der Waals surface area contributed by atoms with Crippen molar-refractivity contribution in [2.24, 2.45) is 5.73 Å². The summed E-state index contributed by atoms with van der Waals surface area (Å²) < 4.78 is 14.0. The summed E-state index contributed by atoms with van der Waals surface area (Å²) in [5.41, 5.74) is 10.1. The topological polar surface area (TPSA) is 38.0 Å². The average Bonchev–Trinajstić information content (AvgIpc) is 2.36. The highest BCUT2D eigenvalue weighted by Gasteiger charge is 2.05. The van der Waals surface area contributed by atoms with Crippen LogP contribution in [0.5, 0.6) is 0 Å². The van der Waals surface area contributed by atoms with Gasteiger partial charge in [0.15, 0.2) is 0 Å². The third kappa shape index (κ3) is 3.32. The Morgan fingerprint density at radius 1 is 1.05 bits per heavy atom. The van der Waals surface area contributed by atoms with E-state index in [1.807, 2.05) is 32.0 Å². The Bertz CT molecular complexity index is 579. The van der Waals surface area contributed by atoms with Crippen LogP contribution >= 0.6 is 0 Å². The maximum absolute atomic E-state index is 14.0. The average molecular weight is 258 g/mol. The lowest BCUT2D eigenvalue weighted by Crippen LogP contribution is -2.03.